The summed E-state index contributed by atoms with van der Waals surface area (Å²) >= 11 is 2.45. The second-order valence-corrected chi connectivity index (χ2v) is 6.37. The lowest BCUT2D eigenvalue weighted by Gasteiger charge is -2.23. The minimum Gasteiger partial charge on any atom is -0.482 e. The third-order valence-corrected chi connectivity index (χ3v) is 4.69. The van der Waals surface area contributed by atoms with E-state index in [1.807, 2.05) is 6.26 Å². The summed E-state index contributed by atoms with van der Waals surface area (Å²) in [7, 11) is 0. The predicted octanol–water partition coefficient (Wildman–Crippen LogP) is 2.09. The van der Waals surface area contributed by atoms with E-state index in [2.05, 4.69) is 9.39 Å². The Bertz CT molecular complexity index is 846. The van der Waals surface area contributed by atoms with E-state index in [-0.39, 0.29) is 11.4 Å². The van der Waals surface area contributed by atoms with Crippen LogP contribution in [0.25, 0.3) is 6.08 Å². The summed E-state index contributed by atoms with van der Waals surface area (Å²) in [5.41, 5.74) is 0.830. The fraction of sp³-hybridized carbons (Fsp3) is 0.133. The Morgan fingerprint density at radius 1 is 1.44 bits per heavy atom. The number of amides is 1. The Balaban J connectivity index is 1.83. The lowest BCUT2D eigenvalue weighted by Crippen LogP contribution is -2.41. The van der Waals surface area contributed by atoms with Gasteiger partial charge in [-0.05, 0) is 30.0 Å². The Hall–Kier alpha value is -2.59. The molecule has 1 aromatic rings. The van der Waals surface area contributed by atoms with Crippen LogP contribution >= 0.6 is 23.7 Å². The molecule has 0 unspecified atom stereocenters. The molecule has 0 spiro atoms. The van der Waals surface area contributed by atoms with E-state index in [0.717, 1.165) is 11.9 Å². The summed E-state index contributed by atoms with van der Waals surface area (Å²) in [5, 5.41) is 17.9. The van der Waals surface area contributed by atoms with Crippen LogP contribution in [0.15, 0.2) is 39.2 Å². The van der Waals surface area contributed by atoms with Gasteiger partial charge in [-0.15, -0.1) is 0 Å². The molecule has 2 aliphatic heterocycles. The van der Waals surface area contributed by atoms with Crippen LogP contribution in [-0.2, 0) is 9.59 Å². The number of carbonyl (C=O) groups is 2. The Morgan fingerprint density at radius 2 is 2.16 bits per heavy atom. The van der Waals surface area contributed by atoms with Crippen LogP contribution in [-0.4, -0.2) is 50.9 Å². The maximum absolute atomic E-state index is 12.2. The van der Waals surface area contributed by atoms with Crippen LogP contribution in [0.2, 0.25) is 0 Å². The average Bonchev–Trinajstić information content (AvgIpc) is 3.00. The molecule has 0 fully saturated rings. The molecule has 0 atom stereocenters. The van der Waals surface area contributed by atoms with Gasteiger partial charge in [0.1, 0.15) is 11.6 Å². The van der Waals surface area contributed by atoms with E-state index in [1.54, 1.807) is 30.3 Å². The first-order valence-electron chi connectivity index (χ1n) is 6.97. The van der Waals surface area contributed by atoms with Crippen molar-refractivity contribution in [2.75, 3.05) is 12.9 Å². The number of carboxylic acids is 1. The first kappa shape index (κ1) is 17.2. The van der Waals surface area contributed by atoms with Gasteiger partial charge in [-0.25, -0.2) is 9.69 Å². The van der Waals surface area contributed by atoms with Crippen molar-refractivity contribution in [3.05, 3.63) is 35.4 Å². The largest absolute Gasteiger partial charge is 0.482 e. The first-order valence-corrected chi connectivity index (χ1v) is 8.97. The summed E-state index contributed by atoms with van der Waals surface area (Å²) in [6.07, 6.45) is 3.40. The fourth-order valence-corrected chi connectivity index (χ4v) is 3.56. The summed E-state index contributed by atoms with van der Waals surface area (Å²) in [6.45, 7) is -0.426. The lowest BCUT2D eigenvalue weighted by molar-refractivity contribution is -0.139. The van der Waals surface area contributed by atoms with Crippen molar-refractivity contribution in [2.24, 2.45) is 9.39 Å². The Morgan fingerprint density at radius 3 is 2.80 bits per heavy atom. The molecule has 0 radical (unpaired) electrons. The van der Waals surface area contributed by atoms with Crippen LogP contribution in [0.4, 0.5) is 0 Å². The van der Waals surface area contributed by atoms with Crippen LogP contribution in [0.3, 0.4) is 0 Å². The van der Waals surface area contributed by atoms with Crippen LogP contribution in [0, 0.1) is 5.41 Å². The van der Waals surface area contributed by atoms with E-state index in [0.29, 0.717) is 21.6 Å². The second-order valence-electron chi connectivity index (χ2n) is 4.86. The number of ether oxygens (including phenoxy) is 1. The molecule has 8 nitrogen and oxygen atoms in total. The molecule has 3 rings (SSSR count). The van der Waals surface area contributed by atoms with Gasteiger partial charge < -0.3 is 9.84 Å². The zero-order chi connectivity index (χ0) is 18.0. The molecule has 0 bridgehead atoms. The number of aliphatic imine (C=N–C) groups is 1. The number of rotatable bonds is 4. The van der Waals surface area contributed by atoms with Crippen molar-refractivity contribution < 1.29 is 19.4 Å². The van der Waals surface area contributed by atoms with Crippen molar-refractivity contribution in [2.45, 2.75) is 0 Å². The molecular formula is C15H12N4O4S2. The van der Waals surface area contributed by atoms with Gasteiger partial charge in [-0.2, -0.15) is 9.39 Å². The minimum absolute atomic E-state index is 0.0271. The Kier molecular flexibility index (Phi) is 4.91. The molecule has 0 saturated carbocycles. The maximum atomic E-state index is 12.2. The molecule has 2 heterocycles. The molecule has 128 valence electrons. The third-order valence-electron chi connectivity index (χ3n) is 3.23. The number of hydrogen-bond donors (Lipinski definition) is 2. The number of hydrogen-bond acceptors (Lipinski definition) is 7. The number of nitrogens with one attached hydrogen (secondary N) is 1. The van der Waals surface area contributed by atoms with E-state index >= 15 is 0 Å². The van der Waals surface area contributed by atoms with Crippen LogP contribution in [0.5, 0.6) is 5.75 Å². The molecule has 0 aliphatic carbocycles. The van der Waals surface area contributed by atoms with E-state index < -0.39 is 18.5 Å². The number of fused-ring (bicyclic) bond motifs is 1. The van der Waals surface area contributed by atoms with Gasteiger partial charge >= 0.3 is 5.97 Å². The highest BCUT2D eigenvalue weighted by Crippen LogP contribution is 2.31. The van der Waals surface area contributed by atoms with Crippen LogP contribution < -0.4 is 4.74 Å². The molecular weight excluding hydrogens is 364 g/mol. The lowest BCUT2D eigenvalue weighted by atomic mass is 10.1. The minimum atomic E-state index is -1.06. The summed E-state index contributed by atoms with van der Waals surface area (Å²) in [5.74, 6) is -1.12. The number of carbonyl (C=O) groups excluding carboxylic acids is 1. The highest BCUT2D eigenvalue weighted by atomic mass is 32.2. The number of thioether (sulfide) groups is 1. The van der Waals surface area contributed by atoms with Crippen molar-refractivity contribution in [1.82, 2.24) is 4.90 Å². The van der Waals surface area contributed by atoms with Gasteiger partial charge in [0.2, 0.25) is 5.17 Å². The fourth-order valence-electron chi connectivity index (χ4n) is 2.10. The number of amidine groups is 3. The summed E-state index contributed by atoms with van der Waals surface area (Å²) < 4.78 is 9.24. The predicted molar refractivity (Wildman–Crippen MR) is 98.1 cm³/mol. The monoisotopic (exact) mass is 376 g/mol. The molecule has 2 aliphatic rings. The smallest absolute Gasteiger partial charge is 0.341 e. The number of carboxylic acid groups (broad SMARTS) is 1. The molecule has 2 N–H and O–H groups in total. The van der Waals surface area contributed by atoms with Crippen molar-refractivity contribution in [1.29, 1.82) is 5.41 Å². The summed E-state index contributed by atoms with van der Waals surface area (Å²) in [4.78, 5) is 28.2. The van der Waals surface area contributed by atoms with Crippen molar-refractivity contribution in [3.63, 3.8) is 0 Å². The van der Waals surface area contributed by atoms with Gasteiger partial charge in [0.05, 0.1) is 17.5 Å². The third kappa shape index (κ3) is 3.59. The maximum Gasteiger partial charge on any atom is 0.341 e. The van der Waals surface area contributed by atoms with Crippen molar-refractivity contribution >= 4 is 57.8 Å². The van der Waals surface area contributed by atoms with Crippen molar-refractivity contribution in [3.8, 4) is 5.75 Å². The zero-order valence-electron chi connectivity index (χ0n) is 12.9. The molecule has 1 amide bonds. The molecule has 0 saturated heterocycles. The molecule has 25 heavy (non-hydrogen) atoms. The van der Waals surface area contributed by atoms with Gasteiger partial charge in [-0.1, -0.05) is 23.9 Å². The standard InChI is InChI=1S/C15H12N4O4S2/c1-24-15-18-25-14-17-13(22)10(12(16)19(14)15)6-8-2-4-9(5-3-8)23-7-11(20)21/h2-6,16H,7H2,1H3,(H,20,21)/b10-6-,16-12?. The number of benzene rings is 1. The average molecular weight is 376 g/mol. The summed E-state index contributed by atoms with van der Waals surface area (Å²) in [6, 6.07) is 6.54. The Labute approximate surface area is 151 Å². The molecule has 10 heteroatoms. The number of aliphatic carboxylic acids is 1. The van der Waals surface area contributed by atoms with Crippen LogP contribution in [0.1, 0.15) is 5.56 Å². The van der Waals surface area contributed by atoms with E-state index in [1.165, 1.54) is 16.7 Å². The van der Waals surface area contributed by atoms with E-state index in [4.69, 9.17) is 15.3 Å². The highest BCUT2D eigenvalue weighted by Gasteiger charge is 2.36. The molecule has 1 aromatic carbocycles. The zero-order valence-corrected chi connectivity index (χ0v) is 14.6. The van der Waals surface area contributed by atoms with Gasteiger partial charge in [-0.3, -0.25) is 10.2 Å². The quantitative estimate of drug-likeness (QED) is 0.610. The van der Waals surface area contributed by atoms with Gasteiger partial charge in [0.15, 0.2) is 11.8 Å². The SMILES string of the molecule is CSC1=NSC2=NC(=O)/C(=C\c3ccc(OCC(=O)O)cc3)C(=N)N12. The van der Waals surface area contributed by atoms with Gasteiger partial charge in [0, 0.05) is 0 Å². The normalized spacial score (nSPS) is 18.1. The second kappa shape index (κ2) is 7.11. The number of nitrogens with zero attached hydrogens (tertiary/aromatic N) is 3. The van der Waals surface area contributed by atoms with E-state index in [9.17, 15) is 9.59 Å². The highest BCUT2D eigenvalue weighted by molar-refractivity contribution is 8.18. The topological polar surface area (TPSA) is 115 Å². The van der Waals surface area contributed by atoms with Gasteiger partial charge in [0.25, 0.3) is 5.91 Å². The first-order chi connectivity index (χ1) is 12.0. The molecule has 0 aromatic heterocycles.